The van der Waals surface area contributed by atoms with Crippen molar-refractivity contribution in [3.63, 3.8) is 0 Å². The van der Waals surface area contributed by atoms with E-state index in [1.165, 1.54) is 0 Å². The van der Waals surface area contributed by atoms with Gasteiger partial charge in [-0.25, -0.2) is 0 Å². The molecule has 0 aliphatic carbocycles. The first-order chi connectivity index (χ1) is 7.18. The highest BCUT2D eigenvalue weighted by Gasteiger charge is 2.33. The second-order valence-corrected chi connectivity index (χ2v) is 5.93. The summed E-state index contributed by atoms with van der Waals surface area (Å²) in [6, 6.07) is 0.0706. The van der Waals surface area contributed by atoms with E-state index in [4.69, 9.17) is 0 Å². The Bertz CT molecular complexity index is 231. The molecule has 2 aliphatic heterocycles. The van der Waals surface area contributed by atoms with Gasteiger partial charge in [-0.1, -0.05) is 13.8 Å². The molecule has 0 bridgehead atoms. The van der Waals surface area contributed by atoms with Crippen LogP contribution in [0.5, 0.6) is 0 Å². The molecule has 2 rings (SSSR count). The minimum absolute atomic E-state index is 0.0706. The summed E-state index contributed by atoms with van der Waals surface area (Å²) in [5, 5.41) is 3.31. The summed E-state index contributed by atoms with van der Waals surface area (Å²) < 4.78 is 0. The molecule has 0 radical (unpaired) electrons. The minimum atomic E-state index is 0.0706. The van der Waals surface area contributed by atoms with Gasteiger partial charge in [0.25, 0.3) is 0 Å². The molecule has 3 atom stereocenters. The number of nitrogens with zero attached hydrogens (tertiary/aromatic N) is 1. The molecule has 15 heavy (non-hydrogen) atoms. The summed E-state index contributed by atoms with van der Waals surface area (Å²) in [5.74, 6) is 3.71. The highest BCUT2D eigenvalue weighted by molar-refractivity contribution is 7.99. The van der Waals surface area contributed by atoms with Crippen molar-refractivity contribution >= 4 is 17.7 Å². The van der Waals surface area contributed by atoms with Gasteiger partial charge in [0.1, 0.15) is 0 Å². The molecule has 0 aromatic rings. The van der Waals surface area contributed by atoms with Gasteiger partial charge in [-0.2, -0.15) is 11.8 Å². The zero-order valence-corrected chi connectivity index (χ0v) is 10.3. The number of likely N-dealkylation sites (tertiary alicyclic amines) is 1. The first-order valence-electron chi connectivity index (χ1n) is 5.78. The van der Waals surface area contributed by atoms with Crippen molar-refractivity contribution in [2.45, 2.75) is 19.9 Å². The highest BCUT2D eigenvalue weighted by atomic mass is 32.2. The molecule has 1 N–H and O–H groups in total. The summed E-state index contributed by atoms with van der Waals surface area (Å²) in [6.07, 6.45) is 0. The molecule has 0 spiro atoms. The third-order valence-corrected chi connectivity index (χ3v) is 4.58. The number of nitrogens with one attached hydrogen (secondary N) is 1. The number of hydrogen-bond acceptors (Lipinski definition) is 3. The van der Waals surface area contributed by atoms with Crippen LogP contribution in [0.3, 0.4) is 0 Å². The van der Waals surface area contributed by atoms with Crippen LogP contribution < -0.4 is 5.32 Å². The van der Waals surface area contributed by atoms with E-state index < -0.39 is 0 Å². The fourth-order valence-corrected chi connectivity index (χ4v) is 3.18. The van der Waals surface area contributed by atoms with E-state index in [-0.39, 0.29) is 6.04 Å². The molecule has 2 heterocycles. The van der Waals surface area contributed by atoms with Crippen LogP contribution in [0.25, 0.3) is 0 Å². The quantitative estimate of drug-likeness (QED) is 0.721. The van der Waals surface area contributed by atoms with Crippen molar-refractivity contribution in [1.82, 2.24) is 10.2 Å². The summed E-state index contributed by atoms with van der Waals surface area (Å²) in [6.45, 7) is 7.34. The second kappa shape index (κ2) is 4.74. The fourth-order valence-electron chi connectivity index (χ4n) is 2.25. The van der Waals surface area contributed by atoms with Gasteiger partial charge in [0.05, 0.1) is 6.04 Å². The van der Waals surface area contributed by atoms with Gasteiger partial charge in [-0.15, -0.1) is 0 Å². The summed E-state index contributed by atoms with van der Waals surface area (Å²) in [4.78, 5) is 14.2. The topological polar surface area (TPSA) is 32.3 Å². The predicted octanol–water partition coefficient (Wildman–Crippen LogP) is 0.806. The van der Waals surface area contributed by atoms with Gasteiger partial charge in [0, 0.05) is 31.1 Å². The Morgan fingerprint density at radius 1 is 1.33 bits per heavy atom. The van der Waals surface area contributed by atoms with Crippen LogP contribution >= 0.6 is 11.8 Å². The molecule has 2 saturated heterocycles. The van der Waals surface area contributed by atoms with Crippen molar-refractivity contribution in [3.8, 4) is 0 Å². The highest BCUT2D eigenvalue weighted by Crippen LogP contribution is 2.23. The number of amides is 1. The van der Waals surface area contributed by atoms with E-state index in [1.54, 1.807) is 0 Å². The second-order valence-electron chi connectivity index (χ2n) is 4.78. The molecule has 0 aromatic carbocycles. The van der Waals surface area contributed by atoms with Crippen molar-refractivity contribution in [2.75, 3.05) is 31.1 Å². The molecule has 1 amide bonds. The Morgan fingerprint density at radius 3 is 2.53 bits per heavy atom. The number of thioether (sulfide) groups is 1. The summed E-state index contributed by atoms with van der Waals surface area (Å²) >= 11 is 1.88. The van der Waals surface area contributed by atoms with Crippen molar-refractivity contribution in [3.05, 3.63) is 0 Å². The molecule has 86 valence electrons. The Balaban J connectivity index is 1.90. The molecule has 3 nitrogen and oxygen atoms in total. The molecular weight excluding hydrogens is 208 g/mol. The molecule has 2 aliphatic rings. The summed E-state index contributed by atoms with van der Waals surface area (Å²) in [5.41, 5.74) is 0. The van der Waals surface area contributed by atoms with Gasteiger partial charge >= 0.3 is 0 Å². The third-order valence-electron chi connectivity index (χ3n) is 3.52. The largest absolute Gasteiger partial charge is 0.341 e. The van der Waals surface area contributed by atoms with Gasteiger partial charge in [0.15, 0.2) is 0 Å². The zero-order chi connectivity index (χ0) is 10.8. The van der Waals surface area contributed by atoms with E-state index in [1.807, 2.05) is 16.7 Å². The minimum Gasteiger partial charge on any atom is -0.341 e. The van der Waals surface area contributed by atoms with E-state index in [2.05, 4.69) is 19.2 Å². The monoisotopic (exact) mass is 228 g/mol. The summed E-state index contributed by atoms with van der Waals surface area (Å²) in [7, 11) is 0. The molecule has 3 unspecified atom stereocenters. The van der Waals surface area contributed by atoms with E-state index in [9.17, 15) is 4.79 Å². The molecule has 2 fully saturated rings. The van der Waals surface area contributed by atoms with E-state index in [0.717, 1.165) is 31.1 Å². The number of carbonyl (C=O) groups excluding carboxylic acids is 1. The number of carbonyl (C=O) groups is 1. The van der Waals surface area contributed by atoms with E-state index >= 15 is 0 Å². The SMILES string of the molecule is CC1CN(C(=O)C2CSCCN2)CC1C. The van der Waals surface area contributed by atoms with Crippen LogP contribution in [0, 0.1) is 11.8 Å². The van der Waals surface area contributed by atoms with Gasteiger partial charge < -0.3 is 10.2 Å². The maximum Gasteiger partial charge on any atom is 0.240 e. The molecular formula is C11H20N2OS. The lowest BCUT2D eigenvalue weighted by atomic mass is 10.0. The lowest BCUT2D eigenvalue weighted by molar-refractivity contribution is -0.132. The predicted molar refractivity (Wildman–Crippen MR) is 64.0 cm³/mol. The standard InChI is InChI=1S/C11H20N2OS/c1-8-5-13(6-9(8)2)11(14)10-7-15-4-3-12-10/h8-10,12H,3-7H2,1-2H3. The average molecular weight is 228 g/mol. The number of hydrogen-bond donors (Lipinski definition) is 1. The molecule has 4 heteroatoms. The molecule has 0 saturated carbocycles. The van der Waals surface area contributed by atoms with Crippen LogP contribution in [-0.4, -0.2) is 48.0 Å². The van der Waals surface area contributed by atoms with Crippen LogP contribution in [0.2, 0.25) is 0 Å². The van der Waals surface area contributed by atoms with Crippen molar-refractivity contribution < 1.29 is 4.79 Å². The Labute approximate surface area is 96.0 Å². The maximum atomic E-state index is 12.1. The lowest BCUT2D eigenvalue weighted by Gasteiger charge is -2.27. The van der Waals surface area contributed by atoms with Gasteiger partial charge in [-0.3, -0.25) is 4.79 Å². The Kier molecular flexibility index (Phi) is 3.57. The van der Waals surface area contributed by atoms with Crippen molar-refractivity contribution in [1.29, 1.82) is 0 Å². The normalized spacial score (nSPS) is 36.9. The van der Waals surface area contributed by atoms with E-state index in [0.29, 0.717) is 17.7 Å². The maximum absolute atomic E-state index is 12.1. The zero-order valence-electron chi connectivity index (χ0n) is 9.53. The van der Waals surface area contributed by atoms with Crippen LogP contribution in [0.4, 0.5) is 0 Å². The number of rotatable bonds is 1. The van der Waals surface area contributed by atoms with Crippen molar-refractivity contribution in [2.24, 2.45) is 11.8 Å². The first-order valence-corrected chi connectivity index (χ1v) is 6.94. The smallest absolute Gasteiger partial charge is 0.240 e. The third kappa shape index (κ3) is 2.48. The Morgan fingerprint density at radius 2 is 2.00 bits per heavy atom. The average Bonchev–Trinajstić information content (AvgIpc) is 2.59. The van der Waals surface area contributed by atoms with Gasteiger partial charge in [0.2, 0.25) is 5.91 Å². The lowest BCUT2D eigenvalue weighted by Crippen LogP contribution is -2.50. The first kappa shape index (κ1) is 11.3. The van der Waals surface area contributed by atoms with Gasteiger partial charge in [-0.05, 0) is 11.8 Å². The molecule has 0 aromatic heterocycles. The Hall–Kier alpha value is -0.220. The van der Waals surface area contributed by atoms with Crippen LogP contribution in [0.15, 0.2) is 0 Å². The van der Waals surface area contributed by atoms with Crippen LogP contribution in [-0.2, 0) is 4.79 Å². The van der Waals surface area contributed by atoms with Crippen LogP contribution in [0.1, 0.15) is 13.8 Å². The fraction of sp³-hybridized carbons (Fsp3) is 0.909.